The second-order valence-electron chi connectivity index (χ2n) is 18.8. The Kier molecular flexibility index (Phi) is 11.0. The first-order chi connectivity index (χ1) is 37.6. The van der Waals surface area contributed by atoms with Crippen molar-refractivity contribution in [3.63, 3.8) is 0 Å². The third-order valence-electron chi connectivity index (χ3n) is 14.1. The predicted octanol–water partition coefficient (Wildman–Crippen LogP) is 17.4. The van der Waals surface area contributed by atoms with Gasteiger partial charge in [-0.15, -0.1) is 20.4 Å². The Hall–Kier alpha value is -10.4. The zero-order valence-corrected chi connectivity index (χ0v) is 40.7. The third kappa shape index (κ3) is 8.35. The van der Waals surface area contributed by atoms with E-state index in [1.807, 2.05) is 84.9 Å². The standard InChI is InChI=1S/C68H42N6O2/c1-3-13-51(14-4-1)65-71-73-67(75-65)53-33-23-47(24-34-53)45-19-29-49(30-20-45)61-62(50-31-21-46(22-32-50)48-25-35-54(36-26-48)68-74-72-66(76-68)52-15-5-2-6-16-52)70-64-60(58-38-28-44-12-8-10-18-56(44)42-58)40-39-59(63(64)69-61)57-37-27-43-11-7-9-17-55(43)41-57/h1-42H. The van der Waals surface area contributed by atoms with Crippen molar-refractivity contribution >= 4 is 32.6 Å². The van der Waals surface area contributed by atoms with Crippen LogP contribution in [0.25, 0.3) is 145 Å². The maximum absolute atomic E-state index is 6.07. The van der Waals surface area contributed by atoms with Gasteiger partial charge in [-0.2, -0.15) is 0 Å². The Morgan fingerprint density at radius 3 is 0.842 bits per heavy atom. The van der Waals surface area contributed by atoms with Crippen LogP contribution >= 0.6 is 0 Å². The lowest BCUT2D eigenvalue weighted by molar-refractivity contribution is 0.584. The van der Waals surface area contributed by atoms with Crippen LogP contribution in [0.15, 0.2) is 264 Å². The van der Waals surface area contributed by atoms with Crippen LogP contribution in [-0.2, 0) is 0 Å². The Morgan fingerprint density at radius 1 is 0.211 bits per heavy atom. The SMILES string of the molecule is c1ccc(-c2nnc(-c3ccc(-c4ccc(-c5nc6c(-c7ccc8ccccc8c7)ccc(-c7ccc8ccccc8c7)c6nc5-c5ccc(-c6ccc(-c7nnc(-c8ccccc8)o7)cc6)cc5)cc4)cc3)o2)cc1. The molecule has 0 radical (unpaired) electrons. The van der Waals surface area contributed by atoms with Crippen LogP contribution in [0.1, 0.15) is 0 Å². The molecule has 0 unspecified atom stereocenters. The molecule has 0 N–H and O–H groups in total. The molecule has 0 atom stereocenters. The van der Waals surface area contributed by atoms with Crippen molar-refractivity contribution in [3.8, 4) is 113 Å². The summed E-state index contributed by atoms with van der Waals surface area (Å²) in [6.45, 7) is 0. The minimum absolute atomic E-state index is 0.471. The van der Waals surface area contributed by atoms with Gasteiger partial charge in [0.05, 0.1) is 22.4 Å². The first-order valence-corrected chi connectivity index (χ1v) is 25.2. The molecule has 0 bridgehead atoms. The normalized spacial score (nSPS) is 11.4. The number of nitrogens with zero attached hydrogens (tertiary/aromatic N) is 6. The quantitative estimate of drug-likeness (QED) is 0.133. The van der Waals surface area contributed by atoms with E-state index in [4.69, 9.17) is 18.8 Å². The van der Waals surface area contributed by atoms with Gasteiger partial charge in [0.2, 0.25) is 23.6 Å². The minimum Gasteiger partial charge on any atom is -0.416 e. The number of aromatic nitrogens is 6. The van der Waals surface area contributed by atoms with Gasteiger partial charge >= 0.3 is 0 Å². The second kappa shape index (κ2) is 18.9. The lowest BCUT2D eigenvalue weighted by atomic mass is 9.93. The second-order valence-corrected chi connectivity index (χ2v) is 18.8. The first-order valence-electron chi connectivity index (χ1n) is 25.2. The molecule has 14 aromatic rings. The molecule has 3 heterocycles. The molecule has 0 spiro atoms. The van der Waals surface area contributed by atoms with Gasteiger partial charge in [0, 0.05) is 44.5 Å². The summed E-state index contributed by atoms with van der Waals surface area (Å²) in [5.74, 6) is 1.92. The molecule has 356 valence electrons. The molecule has 0 fully saturated rings. The van der Waals surface area contributed by atoms with E-state index < -0.39 is 0 Å². The minimum atomic E-state index is 0.471. The van der Waals surface area contributed by atoms with Crippen LogP contribution < -0.4 is 0 Å². The highest BCUT2D eigenvalue weighted by Gasteiger charge is 2.21. The van der Waals surface area contributed by atoms with Gasteiger partial charge in [-0.25, -0.2) is 9.97 Å². The Bertz CT molecular complexity index is 4130. The number of rotatable bonds is 10. The van der Waals surface area contributed by atoms with Gasteiger partial charge in [0.25, 0.3) is 0 Å². The molecule has 8 nitrogen and oxygen atoms in total. The van der Waals surface area contributed by atoms with Crippen LogP contribution in [0.2, 0.25) is 0 Å². The predicted molar refractivity (Wildman–Crippen MR) is 305 cm³/mol. The molecule has 0 amide bonds. The van der Waals surface area contributed by atoms with Gasteiger partial charge in [0.15, 0.2) is 0 Å². The lowest BCUT2D eigenvalue weighted by Crippen LogP contribution is -1.99. The summed E-state index contributed by atoms with van der Waals surface area (Å²) in [7, 11) is 0. The average molecular weight is 975 g/mol. The van der Waals surface area contributed by atoms with E-state index in [9.17, 15) is 0 Å². The lowest BCUT2D eigenvalue weighted by Gasteiger charge is -2.17. The van der Waals surface area contributed by atoms with E-state index in [2.05, 4.69) is 190 Å². The Morgan fingerprint density at radius 2 is 0.487 bits per heavy atom. The van der Waals surface area contributed by atoms with E-state index in [1.54, 1.807) is 0 Å². The average Bonchev–Trinajstić information content (AvgIpc) is 4.25. The highest BCUT2D eigenvalue weighted by Crippen LogP contribution is 2.41. The fourth-order valence-corrected chi connectivity index (χ4v) is 10.0. The molecule has 0 aliphatic carbocycles. The largest absolute Gasteiger partial charge is 0.416 e. The summed E-state index contributed by atoms with van der Waals surface area (Å²) in [4.78, 5) is 11.5. The van der Waals surface area contributed by atoms with Crippen LogP contribution in [0, 0.1) is 0 Å². The molecular formula is C68H42N6O2. The summed E-state index contributed by atoms with van der Waals surface area (Å²) < 4.78 is 12.1. The zero-order valence-electron chi connectivity index (χ0n) is 40.7. The van der Waals surface area contributed by atoms with Crippen molar-refractivity contribution in [3.05, 3.63) is 255 Å². The fraction of sp³-hybridized carbons (Fsp3) is 0. The highest BCUT2D eigenvalue weighted by molar-refractivity contribution is 6.05. The van der Waals surface area contributed by atoms with Gasteiger partial charge in [0.1, 0.15) is 0 Å². The van der Waals surface area contributed by atoms with Gasteiger partial charge < -0.3 is 8.83 Å². The molecule has 0 saturated heterocycles. The molecule has 14 rings (SSSR count). The molecule has 11 aromatic carbocycles. The monoisotopic (exact) mass is 974 g/mol. The molecule has 0 aliphatic heterocycles. The van der Waals surface area contributed by atoms with Crippen molar-refractivity contribution in [1.29, 1.82) is 0 Å². The third-order valence-corrected chi connectivity index (χ3v) is 14.1. The molecular weight excluding hydrogens is 933 g/mol. The van der Waals surface area contributed by atoms with E-state index in [1.165, 1.54) is 10.8 Å². The van der Waals surface area contributed by atoms with E-state index in [0.29, 0.717) is 23.6 Å². The van der Waals surface area contributed by atoms with Crippen molar-refractivity contribution in [1.82, 2.24) is 30.4 Å². The number of fused-ring (bicyclic) bond motifs is 3. The number of hydrogen-bond acceptors (Lipinski definition) is 8. The smallest absolute Gasteiger partial charge is 0.248 e. The van der Waals surface area contributed by atoms with Crippen LogP contribution in [0.4, 0.5) is 0 Å². The molecule has 3 aromatic heterocycles. The Labute approximate surface area is 437 Å². The van der Waals surface area contributed by atoms with Gasteiger partial charge in [-0.05, 0) is 116 Å². The summed E-state index contributed by atoms with van der Waals surface area (Å²) in [6, 6.07) is 87.9. The zero-order chi connectivity index (χ0) is 50.4. The van der Waals surface area contributed by atoms with E-state index >= 15 is 0 Å². The molecule has 8 heteroatoms. The van der Waals surface area contributed by atoms with Gasteiger partial charge in [-0.3, -0.25) is 0 Å². The number of hydrogen-bond donors (Lipinski definition) is 0. The summed E-state index contributed by atoms with van der Waals surface area (Å²) in [5.41, 5.74) is 16.9. The molecule has 0 saturated carbocycles. The fourth-order valence-electron chi connectivity index (χ4n) is 10.0. The molecule has 0 aliphatic rings. The van der Waals surface area contributed by atoms with Gasteiger partial charge in [-0.1, -0.05) is 194 Å². The number of benzene rings is 11. The Balaban J connectivity index is 0.872. The van der Waals surface area contributed by atoms with Crippen LogP contribution in [0.3, 0.4) is 0 Å². The van der Waals surface area contributed by atoms with E-state index in [0.717, 1.165) is 111 Å². The first kappa shape index (κ1) is 44.3. The van der Waals surface area contributed by atoms with Crippen LogP contribution in [-0.4, -0.2) is 30.4 Å². The summed E-state index contributed by atoms with van der Waals surface area (Å²) in [5, 5.41) is 22.0. The van der Waals surface area contributed by atoms with Crippen molar-refractivity contribution < 1.29 is 8.83 Å². The van der Waals surface area contributed by atoms with Crippen molar-refractivity contribution in [2.45, 2.75) is 0 Å². The van der Waals surface area contributed by atoms with E-state index in [-0.39, 0.29) is 0 Å². The maximum Gasteiger partial charge on any atom is 0.248 e. The maximum atomic E-state index is 6.07. The topological polar surface area (TPSA) is 104 Å². The van der Waals surface area contributed by atoms with Crippen molar-refractivity contribution in [2.75, 3.05) is 0 Å². The summed E-state index contributed by atoms with van der Waals surface area (Å²) in [6.07, 6.45) is 0. The van der Waals surface area contributed by atoms with Crippen LogP contribution in [0.5, 0.6) is 0 Å². The highest BCUT2D eigenvalue weighted by atomic mass is 16.4. The van der Waals surface area contributed by atoms with Crippen molar-refractivity contribution in [2.24, 2.45) is 0 Å². The molecule has 76 heavy (non-hydrogen) atoms. The summed E-state index contributed by atoms with van der Waals surface area (Å²) >= 11 is 0.